The Morgan fingerprint density at radius 1 is 1.29 bits per heavy atom. The monoisotopic (exact) mass is 241 g/mol. The van der Waals surface area contributed by atoms with Gasteiger partial charge in [-0.1, -0.05) is 0 Å². The summed E-state index contributed by atoms with van der Waals surface area (Å²) in [6.45, 7) is 5.05. The van der Waals surface area contributed by atoms with Crippen molar-refractivity contribution in [2.24, 2.45) is 5.92 Å². The Morgan fingerprint density at radius 3 is 2.59 bits per heavy atom. The van der Waals surface area contributed by atoms with Crippen molar-refractivity contribution < 1.29 is 4.79 Å². The van der Waals surface area contributed by atoms with E-state index in [1.807, 2.05) is 11.9 Å². The average Bonchev–Trinajstić information content (AvgIpc) is 2.27. The lowest BCUT2D eigenvalue weighted by atomic mass is 9.92. The first kappa shape index (κ1) is 14.5. The molecule has 0 aromatic rings. The number of hydrogen-bond acceptors (Lipinski definition) is 3. The molecule has 17 heavy (non-hydrogen) atoms. The Labute approximate surface area is 105 Å². The van der Waals surface area contributed by atoms with E-state index in [0.717, 1.165) is 38.9 Å². The number of rotatable bonds is 5. The third-order valence-electron chi connectivity index (χ3n) is 3.45. The normalized spacial score (nSPS) is 25.0. The van der Waals surface area contributed by atoms with Gasteiger partial charge in [0.05, 0.1) is 0 Å². The molecule has 2 atom stereocenters. The van der Waals surface area contributed by atoms with Gasteiger partial charge >= 0.3 is 0 Å². The van der Waals surface area contributed by atoms with Crippen LogP contribution in [0.2, 0.25) is 0 Å². The van der Waals surface area contributed by atoms with Gasteiger partial charge in [0.2, 0.25) is 5.91 Å². The first-order valence-corrected chi connectivity index (χ1v) is 6.63. The van der Waals surface area contributed by atoms with Crippen LogP contribution in [0.3, 0.4) is 0 Å². The Hall–Kier alpha value is -0.610. The average molecular weight is 241 g/mol. The van der Waals surface area contributed by atoms with Gasteiger partial charge in [0.1, 0.15) is 0 Å². The Balaban J connectivity index is 2.30. The number of nitrogens with zero attached hydrogens (tertiary/aromatic N) is 2. The summed E-state index contributed by atoms with van der Waals surface area (Å²) in [4.78, 5) is 16.3. The maximum atomic E-state index is 12.2. The second kappa shape index (κ2) is 6.97. The molecule has 1 saturated heterocycles. The molecular formula is C13H27N3O. The number of carbonyl (C=O) groups excluding carboxylic acids is 1. The molecule has 100 valence electrons. The molecule has 1 amide bonds. The first-order chi connectivity index (χ1) is 8.00. The van der Waals surface area contributed by atoms with Crippen LogP contribution in [0.1, 0.15) is 26.2 Å². The highest BCUT2D eigenvalue weighted by Gasteiger charge is 2.26. The molecule has 4 heteroatoms. The molecule has 0 radical (unpaired) electrons. The Kier molecular flexibility index (Phi) is 5.92. The summed E-state index contributed by atoms with van der Waals surface area (Å²) in [5.74, 6) is 0.563. The summed E-state index contributed by atoms with van der Waals surface area (Å²) >= 11 is 0. The molecule has 0 aromatic heterocycles. The summed E-state index contributed by atoms with van der Waals surface area (Å²) in [5.41, 5.74) is 0. The van der Waals surface area contributed by atoms with Gasteiger partial charge < -0.3 is 15.1 Å². The van der Waals surface area contributed by atoms with Crippen molar-refractivity contribution in [2.45, 2.75) is 32.2 Å². The Bertz CT molecular complexity index is 243. The minimum atomic E-state index is 0.232. The minimum absolute atomic E-state index is 0.232. The van der Waals surface area contributed by atoms with Gasteiger partial charge in [-0.3, -0.25) is 4.79 Å². The zero-order valence-electron chi connectivity index (χ0n) is 11.7. The fourth-order valence-corrected chi connectivity index (χ4v) is 2.40. The van der Waals surface area contributed by atoms with E-state index < -0.39 is 0 Å². The first-order valence-electron chi connectivity index (χ1n) is 6.63. The molecule has 1 aliphatic heterocycles. The summed E-state index contributed by atoms with van der Waals surface area (Å²) in [7, 11) is 6.07. The number of piperidine rings is 1. The van der Waals surface area contributed by atoms with Crippen LogP contribution in [0.5, 0.6) is 0 Å². The van der Waals surface area contributed by atoms with E-state index in [4.69, 9.17) is 0 Å². The van der Waals surface area contributed by atoms with Crippen LogP contribution in [0.4, 0.5) is 0 Å². The van der Waals surface area contributed by atoms with Gasteiger partial charge in [0.25, 0.3) is 0 Å². The van der Waals surface area contributed by atoms with Crippen molar-refractivity contribution in [1.82, 2.24) is 15.1 Å². The maximum Gasteiger partial charge on any atom is 0.225 e. The van der Waals surface area contributed by atoms with Crippen molar-refractivity contribution in [1.29, 1.82) is 0 Å². The number of amides is 1. The molecule has 0 aliphatic carbocycles. The van der Waals surface area contributed by atoms with E-state index in [9.17, 15) is 4.79 Å². The quantitative estimate of drug-likeness (QED) is 0.773. The molecule has 0 saturated carbocycles. The minimum Gasteiger partial charge on any atom is -0.345 e. The van der Waals surface area contributed by atoms with Crippen molar-refractivity contribution in [3.05, 3.63) is 0 Å². The van der Waals surface area contributed by atoms with Crippen LogP contribution in [0.25, 0.3) is 0 Å². The molecule has 0 bridgehead atoms. The van der Waals surface area contributed by atoms with Crippen LogP contribution in [-0.2, 0) is 4.79 Å². The number of carbonyl (C=O) groups is 1. The lowest BCUT2D eigenvalue weighted by Crippen LogP contribution is -2.43. The van der Waals surface area contributed by atoms with E-state index >= 15 is 0 Å². The predicted octanol–water partition coefficient (Wildman–Crippen LogP) is 0.785. The van der Waals surface area contributed by atoms with Crippen molar-refractivity contribution in [2.75, 3.05) is 40.8 Å². The molecule has 1 fully saturated rings. The van der Waals surface area contributed by atoms with E-state index in [2.05, 4.69) is 31.2 Å². The van der Waals surface area contributed by atoms with Crippen LogP contribution >= 0.6 is 0 Å². The largest absolute Gasteiger partial charge is 0.345 e. The summed E-state index contributed by atoms with van der Waals surface area (Å²) in [6.07, 6.45) is 3.02. The second-order valence-corrected chi connectivity index (χ2v) is 5.49. The van der Waals surface area contributed by atoms with Gasteiger partial charge in [-0.15, -0.1) is 0 Å². The second-order valence-electron chi connectivity index (χ2n) is 5.49. The zero-order chi connectivity index (χ0) is 12.8. The lowest BCUT2D eigenvalue weighted by Gasteiger charge is -2.30. The topological polar surface area (TPSA) is 35.6 Å². The highest BCUT2D eigenvalue weighted by molar-refractivity contribution is 5.78. The molecule has 1 aliphatic rings. The highest BCUT2D eigenvalue weighted by Crippen LogP contribution is 2.18. The van der Waals surface area contributed by atoms with Crippen molar-refractivity contribution in [3.8, 4) is 0 Å². The predicted molar refractivity (Wildman–Crippen MR) is 71.0 cm³/mol. The molecule has 1 heterocycles. The van der Waals surface area contributed by atoms with E-state index in [-0.39, 0.29) is 5.92 Å². The fourth-order valence-electron chi connectivity index (χ4n) is 2.40. The summed E-state index contributed by atoms with van der Waals surface area (Å²) < 4.78 is 0. The third-order valence-corrected chi connectivity index (χ3v) is 3.45. The van der Waals surface area contributed by atoms with Crippen LogP contribution in [0.15, 0.2) is 0 Å². The molecule has 0 spiro atoms. The molecule has 1 rings (SSSR count). The molecule has 0 aromatic carbocycles. The lowest BCUT2D eigenvalue weighted by molar-refractivity contribution is -0.135. The number of nitrogens with one attached hydrogen (secondary N) is 1. The molecule has 2 unspecified atom stereocenters. The van der Waals surface area contributed by atoms with Crippen molar-refractivity contribution in [3.63, 3.8) is 0 Å². The zero-order valence-corrected chi connectivity index (χ0v) is 11.7. The molecular weight excluding hydrogens is 214 g/mol. The van der Waals surface area contributed by atoms with E-state index in [1.54, 1.807) is 0 Å². The Morgan fingerprint density at radius 2 is 2.00 bits per heavy atom. The third kappa shape index (κ3) is 5.04. The molecule has 4 nitrogen and oxygen atoms in total. The highest BCUT2D eigenvalue weighted by atomic mass is 16.2. The van der Waals surface area contributed by atoms with Crippen molar-refractivity contribution >= 4 is 5.91 Å². The van der Waals surface area contributed by atoms with Gasteiger partial charge in [0.15, 0.2) is 0 Å². The van der Waals surface area contributed by atoms with E-state index in [1.165, 1.54) is 0 Å². The van der Waals surface area contributed by atoms with Crippen LogP contribution < -0.4 is 5.32 Å². The summed E-state index contributed by atoms with van der Waals surface area (Å²) in [5, 5.41) is 3.39. The SMILES string of the molecule is CC1CC(C(=O)N(C)CCCN(C)C)CCN1. The summed E-state index contributed by atoms with van der Waals surface area (Å²) in [6, 6.07) is 0.480. The standard InChI is InChI=1S/C13H27N3O/c1-11-10-12(6-7-14-11)13(17)16(4)9-5-8-15(2)3/h11-12,14H,5-10H2,1-4H3. The fraction of sp³-hybridized carbons (Fsp3) is 0.923. The molecule has 1 N–H and O–H groups in total. The van der Waals surface area contributed by atoms with Gasteiger partial charge in [-0.05, 0) is 53.4 Å². The van der Waals surface area contributed by atoms with Gasteiger partial charge in [-0.2, -0.15) is 0 Å². The van der Waals surface area contributed by atoms with E-state index in [0.29, 0.717) is 11.9 Å². The maximum absolute atomic E-state index is 12.2. The van der Waals surface area contributed by atoms with Gasteiger partial charge in [0, 0.05) is 25.6 Å². The van der Waals surface area contributed by atoms with Crippen LogP contribution in [0, 0.1) is 5.92 Å². The smallest absolute Gasteiger partial charge is 0.225 e. The van der Waals surface area contributed by atoms with Crippen LogP contribution in [-0.4, -0.2) is 62.5 Å². The van der Waals surface area contributed by atoms with Gasteiger partial charge in [-0.25, -0.2) is 0 Å². The number of hydrogen-bond donors (Lipinski definition) is 1.